The lowest BCUT2D eigenvalue weighted by molar-refractivity contribution is 0.0910. The largest absolute Gasteiger partial charge is 0.355 e. The summed E-state index contributed by atoms with van der Waals surface area (Å²) in [7, 11) is 0. The lowest BCUT2D eigenvalue weighted by atomic mass is 9.86. The Morgan fingerprint density at radius 3 is 2.53 bits per heavy atom. The highest BCUT2D eigenvalue weighted by Gasteiger charge is 2.23. The molecule has 34 heavy (non-hydrogen) atoms. The molecule has 2 atom stereocenters. The first-order valence-corrected chi connectivity index (χ1v) is 11.8. The van der Waals surface area contributed by atoms with Gasteiger partial charge in [0.2, 0.25) is 0 Å². The monoisotopic (exact) mass is 452 g/mol. The summed E-state index contributed by atoms with van der Waals surface area (Å²) in [6.07, 6.45) is 6.27. The zero-order chi connectivity index (χ0) is 23.5. The number of rotatable bonds is 5. The second-order valence-electron chi connectivity index (χ2n) is 9.07. The number of aromatic nitrogens is 2. The van der Waals surface area contributed by atoms with Gasteiger partial charge in [0.15, 0.2) is 0 Å². The molecule has 0 saturated heterocycles. The van der Waals surface area contributed by atoms with Gasteiger partial charge in [0.05, 0.1) is 0 Å². The first-order valence-electron chi connectivity index (χ1n) is 11.8. The Morgan fingerprint density at radius 1 is 0.941 bits per heavy atom. The highest BCUT2D eigenvalue weighted by Crippen LogP contribution is 2.27. The minimum atomic E-state index is -0.243. The summed E-state index contributed by atoms with van der Waals surface area (Å²) in [5.41, 5.74) is 4.69. The van der Waals surface area contributed by atoms with Crippen molar-refractivity contribution in [2.24, 2.45) is 5.92 Å². The van der Waals surface area contributed by atoms with E-state index in [2.05, 4.69) is 33.6 Å². The molecule has 1 fully saturated rings. The quantitative estimate of drug-likeness (QED) is 0.358. The van der Waals surface area contributed by atoms with Crippen LogP contribution in [0.3, 0.4) is 0 Å². The van der Waals surface area contributed by atoms with Gasteiger partial charge >= 0.3 is 0 Å². The van der Waals surface area contributed by atoms with Gasteiger partial charge in [0, 0.05) is 40.1 Å². The Labute approximate surface area is 198 Å². The molecule has 0 bridgehead atoms. The normalized spacial score (nSPS) is 17.9. The zero-order valence-corrected chi connectivity index (χ0v) is 19.2. The third-order valence-electron chi connectivity index (χ3n) is 6.66. The van der Waals surface area contributed by atoms with Crippen LogP contribution in [0.25, 0.3) is 22.2 Å². The van der Waals surface area contributed by atoms with Crippen molar-refractivity contribution in [3.8, 4) is 11.3 Å². The Morgan fingerprint density at radius 2 is 1.76 bits per heavy atom. The average Bonchev–Trinajstić information content (AvgIpc) is 3.30. The van der Waals surface area contributed by atoms with Crippen LogP contribution in [0.1, 0.15) is 53.5 Å². The molecule has 3 N–H and O–H groups in total. The number of benzene rings is 2. The molecule has 0 spiro atoms. The Hall–Kier alpha value is -3.93. The van der Waals surface area contributed by atoms with Crippen LogP contribution in [-0.2, 0) is 0 Å². The molecule has 2 amide bonds. The molecule has 4 aromatic rings. The summed E-state index contributed by atoms with van der Waals surface area (Å²) in [5, 5.41) is 7.09. The van der Waals surface area contributed by atoms with E-state index in [-0.39, 0.29) is 17.9 Å². The number of amides is 2. The number of pyridine rings is 1. The summed E-state index contributed by atoms with van der Waals surface area (Å²) >= 11 is 0. The summed E-state index contributed by atoms with van der Waals surface area (Å²) in [5.74, 6) is 0.279. The van der Waals surface area contributed by atoms with Crippen LogP contribution in [0.2, 0.25) is 0 Å². The molecular formula is C28H28N4O2. The minimum absolute atomic E-state index is 0.00333. The van der Waals surface area contributed by atoms with Gasteiger partial charge < -0.3 is 15.6 Å². The number of hydrogen-bond acceptors (Lipinski definition) is 3. The molecule has 2 aromatic heterocycles. The van der Waals surface area contributed by atoms with E-state index in [1.165, 1.54) is 19.3 Å². The molecule has 6 nitrogen and oxygen atoms in total. The van der Waals surface area contributed by atoms with Crippen molar-refractivity contribution in [3.05, 3.63) is 84.2 Å². The van der Waals surface area contributed by atoms with Gasteiger partial charge in [-0.15, -0.1) is 0 Å². The predicted octanol–water partition coefficient (Wildman–Crippen LogP) is 5.79. The molecule has 0 aliphatic heterocycles. The van der Waals surface area contributed by atoms with Crippen molar-refractivity contribution >= 4 is 28.4 Å². The molecule has 2 aromatic carbocycles. The number of carbonyl (C=O) groups is 2. The zero-order valence-electron chi connectivity index (χ0n) is 19.2. The molecule has 1 aliphatic carbocycles. The van der Waals surface area contributed by atoms with Crippen LogP contribution < -0.4 is 10.6 Å². The average molecular weight is 453 g/mol. The number of aromatic amines is 1. The van der Waals surface area contributed by atoms with Gasteiger partial charge in [-0.05, 0) is 72.9 Å². The predicted molar refractivity (Wildman–Crippen MR) is 135 cm³/mol. The van der Waals surface area contributed by atoms with E-state index in [9.17, 15) is 9.59 Å². The van der Waals surface area contributed by atoms with Crippen molar-refractivity contribution < 1.29 is 9.59 Å². The molecule has 2 unspecified atom stereocenters. The summed E-state index contributed by atoms with van der Waals surface area (Å²) in [6.45, 7) is 2.22. The molecule has 2 heterocycles. The van der Waals surface area contributed by atoms with Crippen LogP contribution in [0.15, 0.2) is 72.9 Å². The van der Waals surface area contributed by atoms with Crippen LogP contribution in [0.5, 0.6) is 0 Å². The summed E-state index contributed by atoms with van der Waals surface area (Å²) < 4.78 is 0. The van der Waals surface area contributed by atoms with E-state index in [1.54, 1.807) is 24.4 Å². The number of carbonyl (C=O) groups excluding carboxylic acids is 2. The smallest absolute Gasteiger partial charge is 0.274 e. The van der Waals surface area contributed by atoms with Gasteiger partial charge in [-0.2, -0.15) is 0 Å². The maximum atomic E-state index is 12.8. The minimum Gasteiger partial charge on any atom is -0.355 e. The number of nitrogens with one attached hydrogen (secondary N) is 3. The van der Waals surface area contributed by atoms with Gasteiger partial charge in [0.25, 0.3) is 11.8 Å². The highest BCUT2D eigenvalue weighted by atomic mass is 16.2. The maximum Gasteiger partial charge on any atom is 0.274 e. The van der Waals surface area contributed by atoms with Crippen LogP contribution in [0.4, 0.5) is 5.69 Å². The van der Waals surface area contributed by atoms with E-state index in [1.807, 2.05) is 42.5 Å². The maximum absolute atomic E-state index is 12.8. The lowest BCUT2D eigenvalue weighted by Gasteiger charge is -2.29. The number of nitrogens with zero attached hydrogens (tertiary/aromatic N) is 1. The summed E-state index contributed by atoms with van der Waals surface area (Å²) in [6, 6.07) is 21.0. The number of H-pyrrole nitrogens is 1. The fourth-order valence-corrected chi connectivity index (χ4v) is 4.64. The topological polar surface area (TPSA) is 86.9 Å². The van der Waals surface area contributed by atoms with Gasteiger partial charge in [0.1, 0.15) is 5.69 Å². The van der Waals surface area contributed by atoms with Crippen molar-refractivity contribution in [1.82, 2.24) is 15.3 Å². The molecule has 1 saturated carbocycles. The highest BCUT2D eigenvalue weighted by molar-refractivity contribution is 6.03. The van der Waals surface area contributed by atoms with E-state index >= 15 is 0 Å². The third-order valence-corrected chi connectivity index (χ3v) is 6.66. The van der Waals surface area contributed by atoms with Crippen molar-refractivity contribution in [2.45, 2.75) is 38.6 Å². The molecular weight excluding hydrogens is 424 g/mol. The number of fused-ring (bicyclic) bond motifs is 1. The van der Waals surface area contributed by atoms with Crippen LogP contribution >= 0.6 is 0 Å². The van der Waals surface area contributed by atoms with E-state index in [0.29, 0.717) is 22.9 Å². The van der Waals surface area contributed by atoms with Crippen molar-refractivity contribution in [3.63, 3.8) is 0 Å². The third kappa shape index (κ3) is 4.71. The standard InChI is InChI=1S/C28H28N4O2/c1-18-6-2-3-7-23(18)32-27(33)20-11-14-24-21(16-20)17-26(31-24)19-9-12-22(13-10-19)30-28(34)25-8-4-5-15-29-25/h4-5,8-18,23,31H,2-3,6-7H2,1H3,(H,30,34)(H,32,33). The van der Waals surface area contributed by atoms with Crippen LogP contribution in [0, 0.1) is 5.92 Å². The SMILES string of the molecule is CC1CCCCC1NC(=O)c1ccc2[nH]c(-c3ccc(NC(=O)c4ccccn4)cc3)cc2c1. The first-order chi connectivity index (χ1) is 16.6. The van der Waals surface area contributed by atoms with Crippen molar-refractivity contribution in [1.29, 1.82) is 0 Å². The Bertz CT molecular complexity index is 1310. The number of hydrogen-bond donors (Lipinski definition) is 3. The van der Waals surface area contributed by atoms with E-state index in [0.717, 1.165) is 28.6 Å². The van der Waals surface area contributed by atoms with E-state index in [4.69, 9.17) is 0 Å². The first kappa shape index (κ1) is 21.9. The van der Waals surface area contributed by atoms with Gasteiger partial charge in [-0.25, -0.2) is 0 Å². The molecule has 5 rings (SSSR count). The molecule has 1 aliphatic rings. The molecule has 172 valence electrons. The number of anilines is 1. The molecule has 6 heteroatoms. The molecule has 0 radical (unpaired) electrons. The fraction of sp³-hybridized carbons (Fsp3) is 0.250. The second kappa shape index (κ2) is 9.51. The summed E-state index contributed by atoms with van der Waals surface area (Å²) in [4.78, 5) is 32.6. The van der Waals surface area contributed by atoms with Crippen LogP contribution in [-0.4, -0.2) is 27.8 Å². The second-order valence-corrected chi connectivity index (χ2v) is 9.07. The Balaban J connectivity index is 1.29. The van der Waals surface area contributed by atoms with E-state index < -0.39 is 0 Å². The fourth-order valence-electron chi connectivity index (χ4n) is 4.64. The van der Waals surface area contributed by atoms with Crippen molar-refractivity contribution in [2.75, 3.05) is 5.32 Å². The van der Waals surface area contributed by atoms with Gasteiger partial charge in [-0.1, -0.05) is 38.0 Å². The Kier molecular flexibility index (Phi) is 6.12. The van der Waals surface area contributed by atoms with Gasteiger partial charge in [-0.3, -0.25) is 14.6 Å². The lowest BCUT2D eigenvalue weighted by Crippen LogP contribution is -2.41.